The Morgan fingerprint density at radius 2 is 1.16 bits per heavy atom. The maximum Gasteiger partial charge on any atom is 0.225 e. The van der Waals surface area contributed by atoms with Crippen LogP contribution in [0.4, 0.5) is 0 Å². The van der Waals surface area contributed by atoms with Crippen molar-refractivity contribution in [3.05, 3.63) is 46.9 Å². The van der Waals surface area contributed by atoms with Crippen molar-refractivity contribution in [3.8, 4) is 0 Å². The van der Waals surface area contributed by atoms with E-state index in [4.69, 9.17) is 9.36 Å². The Bertz CT molecular complexity index is 1310. The van der Waals surface area contributed by atoms with Crippen LogP contribution in [0.1, 0.15) is 93.8 Å². The minimum absolute atomic E-state index is 0. The van der Waals surface area contributed by atoms with Gasteiger partial charge in [-0.05, 0) is 47.3 Å². The number of ketones is 3. The minimum atomic E-state index is -0.208. The predicted octanol–water partition coefficient (Wildman–Crippen LogP) is 3.89. The molecule has 0 saturated carbocycles. The molecule has 2 aliphatic rings. The molecule has 0 bridgehead atoms. The Morgan fingerprint density at radius 3 is 1.49 bits per heavy atom. The Kier molecular flexibility index (Phi) is 59.0. The van der Waals surface area contributed by atoms with Gasteiger partial charge in [0.2, 0.25) is 17.7 Å². The maximum absolute atomic E-state index is 11.6. The van der Waals surface area contributed by atoms with Crippen molar-refractivity contribution in [2.75, 3.05) is 0 Å². The fourth-order valence-electron chi connectivity index (χ4n) is 3.98. The number of hydrogen-bond donors (Lipinski definition) is 3. The first-order valence-electron chi connectivity index (χ1n) is 15.8. The van der Waals surface area contributed by atoms with Crippen LogP contribution in [0.3, 0.4) is 0 Å². The molecule has 0 fully saturated rings. The zero-order chi connectivity index (χ0) is 36.4. The molecule has 1 aromatic rings. The molecule has 0 spiro atoms. The number of carbonyl (C=O) groups excluding carboxylic acids is 6. The topological polar surface area (TPSA) is 208 Å². The Hall–Kier alpha value is 0.479. The summed E-state index contributed by atoms with van der Waals surface area (Å²) in [5.74, 6) is -0.308. The van der Waals surface area contributed by atoms with Gasteiger partial charge in [0.1, 0.15) is 23.5 Å². The molecule has 57 heavy (non-hydrogen) atoms. The number of nitrogens with zero attached hydrogens (tertiary/aromatic N) is 3. The summed E-state index contributed by atoms with van der Waals surface area (Å²) < 4.78 is 4.76. The van der Waals surface area contributed by atoms with Crippen LogP contribution < -0.4 is 16.0 Å². The molecule has 21 heteroatoms. The van der Waals surface area contributed by atoms with Crippen LogP contribution in [0, 0.1) is 146 Å². The fourth-order valence-corrected chi connectivity index (χ4v) is 3.98. The third-order valence-electron chi connectivity index (χ3n) is 8.05. The molecule has 3 heterocycles. The molecule has 319 valence electrons. The molecule has 3 radical (unpaired) electrons. The molecule has 7 atom stereocenters. The van der Waals surface area contributed by atoms with Gasteiger partial charge in [-0.3, -0.25) is 28.8 Å². The molecule has 3 amide bonds. The second-order valence-corrected chi connectivity index (χ2v) is 12.1. The van der Waals surface area contributed by atoms with Gasteiger partial charge in [-0.15, -0.1) is 30.8 Å². The number of Topliss-reactive ketones (excluding diaryl/α,β-unsaturated/α-hetero) is 3. The van der Waals surface area contributed by atoms with Crippen molar-refractivity contribution in [3.63, 3.8) is 0 Å². The van der Waals surface area contributed by atoms with E-state index in [1.807, 2.05) is 13.8 Å². The molecule has 2 aliphatic heterocycles. The van der Waals surface area contributed by atoms with Crippen LogP contribution >= 0.6 is 0 Å². The second-order valence-electron chi connectivity index (χ2n) is 12.1. The van der Waals surface area contributed by atoms with Crippen molar-refractivity contribution in [2.24, 2.45) is 28.1 Å². The predicted molar refractivity (Wildman–Crippen MR) is 194 cm³/mol. The van der Waals surface area contributed by atoms with Crippen LogP contribution in [0.15, 0.2) is 20.9 Å². The molecule has 3 N–H and O–H groups in total. The van der Waals surface area contributed by atoms with Crippen molar-refractivity contribution < 1.29 is 192 Å². The summed E-state index contributed by atoms with van der Waals surface area (Å²) >= 11 is 0. The van der Waals surface area contributed by atoms with E-state index in [9.17, 15) is 28.8 Å². The number of carbonyl (C=O) groups is 6. The smallest absolute Gasteiger partial charge is 0.225 e. The van der Waals surface area contributed by atoms with E-state index in [2.05, 4.69) is 48.7 Å². The van der Waals surface area contributed by atoms with Crippen molar-refractivity contribution in [1.29, 1.82) is 0 Å². The second kappa shape index (κ2) is 43.1. The number of oxime groups is 1. The van der Waals surface area contributed by atoms with Gasteiger partial charge in [-0.2, -0.15) is 6.07 Å². The average Bonchev–Trinajstić information content (AvgIpc) is 3.81. The first-order chi connectivity index (χ1) is 22.5. The van der Waals surface area contributed by atoms with Gasteiger partial charge < -0.3 is 63.8 Å². The van der Waals surface area contributed by atoms with Gasteiger partial charge in [0.05, 0.1) is 12.8 Å². The maximum atomic E-state index is 11.6. The number of hydrogen-bond acceptors (Lipinski definition) is 12. The molecular weight excluding hydrogens is 1530 g/mol. The van der Waals surface area contributed by atoms with Gasteiger partial charge in [0.15, 0.2) is 0 Å². The number of amides is 3. The first-order valence-corrected chi connectivity index (χ1v) is 15.8. The number of rotatable bonds is 15. The standard InChI is InChI=1S/2C11H17N2O3.C11H15N2O3.3CH3.3U.3V/c1-7(9(3)14)8(2)12-11(15)6-10-4-5-16-13-10;2*1-7(9(3)14)8(2)13-11(15)6-10-4-5-12-16-10;;;;;;;;;/h5,7-8H,4,6H2,1-3H3,(H,12,15);7-8,10H,4,6H2,1-3H3,(H,13,15);4,7-8H,6H2,1-3H3,(H,13,15);3*1H3;;;;;;/q6*-1;;;;;;. The number of aromatic nitrogens is 1. The molecule has 3 rings (SSSR count). The zero-order valence-corrected chi connectivity index (χ0v) is 51.8. The van der Waals surface area contributed by atoms with E-state index >= 15 is 0 Å². The summed E-state index contributed by atoms with van der Waals surface area (Å²) in [7, 11) is 0. The largest absolute Gasteiger partial charge is 0.567 e. The van der Waals surface area contributed by atoms with Crippen LogP contribution in [-0.4, -0.2) is 76.4 Å². The summed E-state index contributed by atoms with van der Waals surface area (Å²) in [6, 6.07) is 1.02. The zero-order valence-electron chi connectivity index (χ0n) is 35.1. The Balaban J connectivity index is -0.0000000803. The summed E-state index contributed by atoms with van der Waals surface area (Å²) in [6.45, 7) is 16.9. The van der Waals surface area contributed by atoms with Gasteiger partial charge >= 0.3 is 0 Å². The van der Waals surface area contributed by atoms with Gasteiger partial charge in [-0.1, -0.05) is 20.8 Å². The van der Waals surface area contributed by atoms with E-state index in [0.717, 1.165) is 0 Å². The first kappa shape index (κ1) is 78.0. The molecule has 0 aliphatic carbocycles. The van der Waals surface area contributed by atoms with Crippen LogP contribution in [0.25, 0.3) is 0 Å². The molecule has 1 aromatic heterocycles. The van der Waals surface area contributed by atoms with E-state index < -0.39 is 0 Å². The van der Waals surface area contributed by atoms with E-state index in [-0.39, 0.29) is 268 Å². The van der Waals surface area contributed by atoms with E-state index in [0.29, 0.717) is 24.3 Å². The van der Waals surface area contributed by atoms with Crippen LogP contribution in [0.5, 0.6) is 0 Å². The minimum Gasteiger partial charge on any atom is -0.567 e. The SMILES string of the molecule is CC(=O)C(C)C(C)NC(=O)CC1=NO[CH-]C1.CC(=O)C(C)C(C)NC(=O)CC1C[C-]=NO1.CC(=O)C(C)C(C)NC(=O)Cc1c[c-]no1.[CH3-].[CH3-].[CH3-].[U].[U].[U].[V].[V].[V]. The Labute approximate surface area is 448 Å². The van der Waals surface area contributed by atoms with Gasteiger partial charge in [-0.25, -0.2) is 5.16 Å². The summed E-state index contributed by atoms with van der Waals surface area (Å²) in [6.07, 6.45) is 6.64. The summed E-state index contributed by atoms with van der Waals surface area (Å²) in [5.41, 5.74) is 0.708. The van der Waals surface area contributed by atoms with E-state index in [1.54, 1.807) is 34.3 Å². The van der Waals surface area contributed by atoms with Crippen molar-refractivity contribution in [2.45, 2.75) is 119 Å². The van der Waals surface area contributed by atoms with Crippen molar-refractivity contribution >= 4 is 47.0 Å². The van der Waals surface area contributed by atoms with Gasteiger partial charge in [0, 0.05) is 197 Å². The van der Waals surface area contributed by atoms with Gasteiger partial charge in [0.25, 0.3) is 0 Å². The normalized spacial score (nSPS) is 15.4. The monoisotopic (exact) mass is 1590 g/mol. The summed E-state index contributed by atoms with van der Waals surface area (Å²) in [4.78, 5) is 77.5. The fraction of sp³-hybridized carbons (Fsp3) is 0.583. The molecule has 7 unspecified atom stereocenters. The van der Waals surface area contributed by atoms with Crippen LogP contribution in [0.2, 0.25) is 0 Å². The van der Waals surface area contributed by atoms with Crippen molar-refractivity contribution in [1.82, 2.24) is 21.1 Å². The Morgan fingerprint density at radius 1 is 0.737 bits per heavy atom. The van der Waals surface area contributed by atoms with E-state index in [1.165, 1.54) is 26.8 Å². The molecular formula is C36H58N6O9U3V3-6. The third kappa shape index (κ3) is 34.7. The quantitative estimate of drug-likeness (QED) is 0.216. The van der Waals surface area contributed by atoms with Crippen LogP contribution in [-0.2, 0) is 101 Å². The number of nitrogens with one attached hydrogen (secondary N) is 3. The molecule has 0 saturated heterocycles. The third-order valence-corrected chi connectivity index (χ3v) is 8.05. The summed E-state index contributed by atoms with van der Waals surface area (Å²) in [5, 5.41) is 18.9. The molecule has 15 nitrogen and oxygen atoms in total. The average molecular weight is 1590 g/mol. The molecule has 0 aromatic carbocycles.